The lowest BCUT2D eigenvalue weighted by atomic mass is 9.99. The Bertz CT molecular complexity index is 238. The molecule has 0 aromatic rings. The van der Waals surface area contributed by atoms with Crippen LogP contribution in [0.1, 0.15) is 12.8 Å². The molecule has 0 heterocycles. The minimum absolute atomic E-state index is 0.0324. The van der Waals surface area contributed by atoms with Crippen LogP contribution in [0.5, 0.6) is 0 Å². The average Bonchev–Trinajstić information content (AvgIpc) is 2.33. The van der Waals surface area contributed by atoms with Crippen molar-refractivity contribution in [1.29, 1.82) is 0 Å². The molecule has 0 aromatic heterocycles. The minimum Gasteiger partial charge on any atom is -0.481 e. The van der Waals surface area contributed by atoms with Gasteiger partial charge in [0.1, 0.15) is 0 Å². The fourth-order valence-electron chi connectivity index (χ4n) is 3.67. The lowest BCUT2D eigenvalue weighted by Crippen LogP contribution is -2.36. The summed E-state index contributed by atoms with van der Waals surface area (Å²) >= 11 is 0. The molecular formula is C8H11NO2. The van der Waals surface area contributed by atoms with Crippen LogP contribution >= 0.6 is 0 Å². The number of hydrogen-bond donors (Lipinski definition) is 2. The normalized spacial score (nSPS) is 63.4. The third kappa shape index (κ3) is 0.372. The van der Waals surface area contributed by atoms with E-state index in [2.05, 4.69) is 0 Å². The van der Waals surface area contributed by atoms with E-state index in [1.165, 1.54) is 0 Å². The molecule has 4 bridgehead atoms. The fraction of sp³-hybridized carbons (Fsp3) is 0.875. The van der Waals surface area contributed by atoms with Crippen molar-refractivity contribution in [2.75, 3.05) is 0 Å². The number of nitrogens with two attached hydrogens (primary N) is 1. The van der Waals surface area contributed by atoms with Crippen LogP contribution in [0.3, 0.4) is 0 Å². The second kappa shape index (κ2) is 1.33. The van der Waals surface area contributed by atoms with Crippen molar-refractivity contribution in [1.82, 2.24) is 0 Å². The maximum Gasteiger partial charge on any atom is 0.311 e. The molecule has 3 atom stereocenters. The van der Waals surface area contributed by atoms with Crippen molar-refractivity contribution in [3.63, 3.8) is 0 Å². The van der Waals surface area contributed by atoms with E-state index in [4.69, 9.17) is 10.8 Å². The monoisotopic (exact) mass is 153 g/mol. The first-order chi connectivity index (χ1) is 5.19. The van der Waals surface area contributed by atoms with Crippen LogP contribution in [0.2, 0.25) is 0 Å². The molecule has 60 valence electrons. The summed E-state index contributed by atoms with van der Waals surface area (Å²) < 4.78 is 0. The van der Waals surface area contributed by atoms with E-state index in [0.717, 1.165) is 12.8 Å². The Kier molecular flexibility index (Phi) is 0.727. The van der Waals surface area contributed by atoms with Gasteiger partial charge in [0, 0.05) is 6.04 Å². The van der Waals surface area contributed by atoms with Gasteiger partial charge >= 0.3 is 5.97 Å². The molecule has 11 heavy (non-hydrogen) atoms. The molecule has 4 rings (SSSR count). The van der Waals surface area contributed by atoms with E-state index in [1.807, 2.05) is 0 Å². The van der Waals surface area contributed by atoms with Gasteiger partial charge in [0.25, 0.3) is 0 Å². The largest absolute Gasteiger partial charge is 0.481 e. The Morgan fingerprint density at radius 1 is 1.45 bits per heavy atom. The standard InChI is InChI=1S/C8H11NO2/c9-6-3-1-4-5(2-3)8(4,6)7(10)11/h3-6H,1-2,9H2,(H,10,11). The van der Waals surface area contributed by atoms with Gasteiger partial charge in [-0.1, -0.05) is 0 Å². The molecule has 3 nitrogen and oxygen atoms in total. The Labute approximate surface area is 64.6 Å². The van der Waals surface area contributed by atoms with Crippen LogP contribution in [0.4, 0.5) is 0 Å². The highest BCUT2D eigenvalue weighted by molar-refractivity contribution is 5.82. The van der Waals surface area contributed by atoms with Gasteiger partial charge in [0.05, 0.1) is 5.41 Å². The minimum atomic E-state index is -0.639. The highest BCUT2D eigenvalue weighted by atomic mass is 16.4. The van der Waals surface area contributed by atoms with Gasteiger partial charge < -0.3 is 10.8 Å². The molecule has 0 saturated heterocycles. The van der Waals surface area contributed by atoms with E-state index in [-0.39, 0.29) is 6.04 Å². The van der Waals surface area contributed by atoms with Gasteiger partial charge in [-0.05, 0) is 30.6 Å². The van der Waals surface area contributed by atoms with Crippen LogP contribution in [-0.2, 0) is 4.79 Å². The van der Waals surface area contributed by atoms with Gasteiger partial charge in [0.15, 0.2) is 0 Å². The van der Waals surface area contributed by atoms with E-state index in [0.29, 0.717) is 17.8 Å². The predicted octanol–water partition coefficient (Wildman–Crippen LogP) is 0.0543. The van der Waals surface area contributed by atoms with E-state index in [1.54, 1.807) is 0 Å². The van der Waals surface area contributed by atoms with Crippen LogP contribution in [0.25, 0.3) is 0 Å². The van der Waals surface area contributed by atoms with Gasteiger partial charge in [-0.25, -0.2) is 0 Å². The molecule has 4 aliphatic carbocycles. The number of carboxylic acids is 1. The molecule has 3 unspecified atom stereocenters. The summed E-state index contributed by atoms with van der Waals surface area (Å²) in [6.45, 7) is 0. The second-order valence-corrected chi connectivity index (χ2v) is 4.21. The number of hydrogen-bond acceptors (Lipinski definition) is 2. The van der Waals surface area contributed by atoms with Gasteiger partial charge in [-0.3, -0.25) is 4.79 Å². The summed E-state index contributed by atoms with van der Waals surface area (Å²) in [6, 6.07) is -0.0324. The smallest absolute Gasteiger partial charge is 0.311 e. The lowest BCUT2D eigenvalue weighted by Gasteiger charge is -2.13. The Morgan fingerprint density at radius 3 is 2.18 bits per heavy atom. The molecule has 0 radical (unpaired) electrons. The first kappa shape index (κ1) is 6.00. The third-order valence-electron chi connectivity index (χ3n) is 4.15. The van der Waals surface area contributed by atoms with Gasteiger partial charge in [-0.2, -0.15) is 0 Å². The first-order valence-corrected chi connectivity index (χ1v) is 4.18. The van der Waals surface area contributed by atoms with Gasteiger partial charge in [-0.15, -0.1) is 0 Å². The van der Waals surface area contributed by atoms with Crippen molar-refractivity contribution >= 4 is 5.97 Å². The average molecular weight is 153 g/mol. The molecule has 0 spiro atoms. The molecule has 0 amide bonds. The first-order valence-electron chi connectivity index (χ1n) is 4.18. The predicted molar refractivity (Wildman–Crippen MR) is 37.7 cm³/mol. The summed E-state index contributed by atoms with van der Waals surface area (Å²) in [4.78, 5) is 10.9. The maximum absolute atomic E-state index is 10.9. The number of carboxylic acid groups (broad SMARTS) is 1. The summed E-state index contributed by atoms with van der Waals surface area (Å²) in [7, 11) is 0. The van der Waals surface area contributed by atoms with Crippen LogP contribution in [0, 0.1) is 23.2 Å². The summed E-state index contributed by atoms with van der Waals surface area (Å²) in [5.41, 5.74) is 5.41. The zero-order chi connectivity index (χ0) is 7.80. The van der Waals surface area contributed by atoms with Crippen molar-refractivity contribution in [2.24, 2.45) is 28.9 Å². The van der Waals surface area contributed by atoms with Gasteiger partial charge in [0.2, 0.25) is 0 Å². The topological polar surface area (TPSA) is 63.3 Å². The third-order valence-corrected chi connectivity index (χ3v) is 4.15. The Hall–Kier alpha value is -0.570. The molecule has 0 aromatic carbocycles. The van der Waals surface area contributed by atoms with E-state index in [9.17, 15) is 4.79 Å². The van der Waals surface area contributed by atoms with Crippen molar-refractivity contribution in [3.05, 3.63) is 0 Å². The zero-order valence-electron chi connectivity index (χ0n) is 6.16. The Morgan fingerprint density at radius 2 is 2.00 bits per heavy atom. The van der Waals surface area contributed by atoms with Crippen molar-refractivity contribution in [2.45, 2.75) is 18.9 Å². The molecule has 3 N–H and O–H groups in total. The van der Waals surface area contributed by atoms with Crippen LogP contribution in [0.15, 0.2) is 0 Å². The fourth-order valence-corrected chi connectivity index (χ4v) is 3.67. The summed E-state index contributed by atoms with van der Waals surface area (Å²) in [5.74, 6) is 0.779. The second-order valence-electron chi connectivity index (χ2n) is 4.21. The molecule has 3 heteroatoms. The van der Waals surface area contributed by atoms with Crippen LogP contribution in [-0.4, -0.2) is 17.1 Å². The zero-order valence-corrected chi connectivity index (χ0v) is 6.16. The quantitative estimate of drug-likeness (QED) is 0.559. The number of aliphatic carboxylic acids is 1. The van der Waals surface area contributed by atoms with Crippen molar-refractivity contribution in [3.8, 4) is 0 Å². The summed E-state index contributed by atoms with van der Waals surface area (Å²) in [6.07, 6.45) is 2.16. The molecule has 4 aliphatic rings. The maximum atomic E-state index is 10.9. The molecule has 4 saturated carbocycles. The molecule has 0 aliphatic heterocycles. The van der Waals surface area contributed by atoms with Crippen LogP contribution < -0.4 is 5.73 Å². The van der Waals surface area contributed by atoms with E-state index >= 15 is 0 Å². The Balaban J connectivity index is 2.09. The van der Waals surface area contributed by atoms with Crippen molar-refractivity contribution < 1.29 is 9.90 Å². The number of carbonyl (C=O) groups is 1. The SMILES string of the molecule is NC1C2CC3C(C2)C13C(=O)O. The lowest BCUT2D eigenvalue weighted by molar-refractivity contribution is -0.144. The molecular weight excluding hydrogens is 142 g/mol. The highest BCUT2D eigenvalue weighted by Crippen LogP contribution is 2.78. The molecule has 4 fully saturated rings. The number of rotatable bonds is 1. The van der Waals surface area contributed by atoms with E-state index < -0.39 is 11.4 Å². The highest BCUT2D eigenvalue weighted by Gasteiger charge is 2.82. The summed E-state index contributed by atoms with van der Waals surface area (Å²) in [5, 5.41) is 9.00.